The summed E-state index contributed by atoms with van der Waals surface area (Å²) in [4.78, 5) is 52.9. The Morgan fingerprint density at radius 1 is 0.959 bits per heavy atom. The van der Waals surface area contributed by atoms with Gasteiger partial charge in [-0.15, -0.1) is 0 Å². The van der Waals surface area contributed by atoms with E-state index in [4.69, 9.17) is 0 Å². The van der Waals surface area contributed by atoms with Crippen LogP contribution in [0, 0.1) is 11.7 Å². The summed E-state index contributed by atoms with van der Waals surface area (Å²) in [5.74, 6) is -7.23. The van der Waals surface area contributed by atoms with Crippen LogP contribution in [0.1, 0.15) is 43.6 Å². The van der Waals surface area contributed by atoms with Crippen molar-refractivity contribution < 1.29 is 62.7 Å². The largest absolute Gasteiger partial charge is 0.516 e. The highest BCUT2D eigenvalue weighted by atomic mass is 32.2. The number of urea groups is 2. The van der Waals surface area contributed by atoms with Gasteiger partial charge in [0.15, 0.2) is 0 Å². The Bertz CT molecular complexity index is 1820. The molecule has 0 bridgehead atoms. The quantitative estimate of drug-likeness (QED) is 0.152. The van der Waals surface area contributed by atoms with Crippen molar-refractivity contribution in [3.8, 4) is 0 Å². The summed E-state index contributed by atoms with van der Waals surface area (Å²) < 4.78 is 128. The molecular weight excluding hydrogens is 698 g/mol. The molecule has 1 fully saturated rings. The number of benzene rings is 2. The van der Waals surface area contributed by atoms with Gasteiger partial charge in [-0.25, -0.2) is 28.0 Å². The number of alkyl halides is 6. The van der Waals surface area contributed by atoms with Gasteiger partial charge in [0.05, 0.1) is 12.2 Å². The zero-order valence-corrected chi connectivity index (χ0v) is 26.6. The summed E-state index contributed by atoms with van der Waals surface area (Å²) in [6, 6.07) is 5.04. The molecule has 1 saturated heterocycles. The van der Waals surface area contributed by atoms with Gasteiger partial charge < -0.3 is 15.5 Å². The Hall–Kier alpha value is -5.01. The van der Waals surface area contributed by atoms with Gasteiger partial charge in [-0.05, 0) is 81.8 Å². The van der Waals surface area contributed by atoms with E-state index >= 15 is 0 Å². The zero-order chi connectivity index (χ0) is 37.3. The lowest BCUT2D eigenvalue weighted by atomic mass is 10.0. The third-order valence-electron chi connectivity index (χ3n) is 7.15. The second-order valence-electron chi connectivity index (χ2n) is 11.0. The monoisotopic (exact) mass is 725 g/mol. The molecule has 11 nitrogen and oxygen atoms in total. The minimum Gasteiger partial charge on any atom is -0.308 e. The fraction of sp³-hybridized carbons (Fsp3) is 0.310. The van der Waals surface area contributed by atoms with Crippen molar-refractivity contribution in [1.82, 2.24) is 14.5 Å². The fourth-order valence-electron chi connectivity index (χ4n) is 4.19. The van der Waals surface area contributed by atoms with Crippen molar-refractivity contribution in [3.63, 3.8) is 0 Å². The zero-order valence-electron chi connectivity index (χ0n) is 25.8. The molecule has 6 amide bonds. The molecule has 1 aliphatic rings. The summed E-state index contributed by atoms with van der Waals surface area (Å²) in [6.45, 7) is 4.11. The maximum Gasteiger partial charge on any atom is 0.516 e. The second kappa shape index (κ2) is 13.8. The number of hydrogen-bond acceptors (Lipinski definition) is 6. The molecular formula is C29H27F8N5O6S. The highest BCUT2D eigenvalue weighted by Crippen LogP contribution is 2.35. The molecule has 0 spiro atoms. The maximum atomic E-state index is 14.2. The summed E-state index contributed by atoms with van der Waals surface area (Å²) in [7, 11) is -5.97. The van der Waals surface area contributed by atoms with E-state index < -0.39 is 80.8 Å². The van der Waals surface area contributed by atoms with Crippen molar-refractivity contribution in [3.05, 3.63) is 83.1 Å². The lowest BCUT2D eigenvalue weighted by Crippen LogP contribution is -2.43. The number of anilines is 2. The van der Waals surface area contributed by atoms with Gasteiger partial charge in [0.1, 0.15) is 23.1 Å². The second-order valence-corrected chi connectivity index (χ2v) is 12.7. The van der Waals surface area contributed by atoms with Gasteiger partial charge in [0.2, 0.25) is 0 Å². The molecule has 266 valence electrons. The molecule has 2 aromatic rings. The van der Waals surface area contributed by atoms with Crippen molar-refractivity contribution in [2.75, 3.05) is 10.6 Å². The maximum absolute atomic E-state index is 14.2. The normalized spacial score (nSPS) is 16.5. The molecule has 0 saturated carbocycles. The summed E-state index contributed by atoms with van der Waals surface area (Å²) in [5.41, 5.74) is -8.13. The number of imide groups is 1. The van der Waals surface area contributed by atoms with Crippen LogP contribution < -0.4 is 15.4 Å². The molecule has 0 aromatic heterocycles. The third-order valence-corrected chi connectivity index (χ3v) is 8.21. The van der Waals surface area contributed by atoms with Crippen molar-refractivity contribution in [1.29, 1.82) is 0 Å². The first kappa shape index (κ1) is 38.4. The van der Waals surface area contributed by atoms with E-state index in [0.717, 1.165) is 52.1 Å². The Morgan fingerprint density at radius 3 is 2.10 bits per heavy atom. The highest BCUT2D eigenvalue weighted by Gasteiger charge is 2.52. The molecule has 3 rings (SSSR count). The minimum atomic E-state index is -5.97. The number of carbonyl (C=O) groups excluding carboxylic acids is 4. The molecule has 1 atom stereocenters. The Kier molecular flexibility index (Phi) is 10.9. The standard InChI is InChI=1S/C29H27F8N5O6S/c1-15(5-12-21(31)16(2)28(32,33)34)42-24(44)27(3,4)41(26(42)46)14-18-6-9-19(30)13-22(18)39-25(45)38-20-10-7-17(8-11-20)23(43)40-49(47,48)29(35,36)37/h5-13,16H,14H2,1-4H3,(H,40,43)(H2,38,39,45)/b15-5+,21-12+. The molecule has 49 heavy (non-hydrogen) atoms. The molecule has 1 aliphatic heterocycles. The molecule has 1 unspecified atom stereocenters. The number of carbonyl (C=O) groups is 4. The number of halogens is 8. The average Bonchev–Trinajstić information content (AvgIpc) is 3.14. The molecule has 20 heteroatoms. The molecule has 1 heterocycles. The van der Waals surface area contributed by atoms with Crippen LogP contribution in [0.2, 0.25) is 0 Å². The number of allylic oxidation sites excluding steroid dienone is 4. The lowest BCUT2D eigenvalue weighted by molar-refractivity contribution is -0.163. The van der Waals surface area contributed by atoms with Crippen LogP contribution in [0.25, 0.3) is 0 Å². The number of nitrogens with zero attached hydrogens (tertiary/aromatic N) is 2. The number of sulfonamides is 1. The summed E-state index contributed by atoms with van der Waals surface area (Å²) >= 11 is 0. The van der Waals surface area contributed by atoms with Gasteiger partial charge in [-0.2, -0.15) is 34.8 Å². The van der Waals surface area contributed by atoms with Crippen molar-refractivity contribution in [2.24, 2.45) is 5.92 Å². The number of nitrogens with one attached hydrogen (secondary N) is 3. The summed E-state index contributed by atoms with van der Waals surface area (Å²) in [6.07, 6.45) is -3.53. The first-order valence-electron chi connectivity index (χ1n) is 13.7. The van der Waals surface area contributed by atoms with E-state index in [9.17, 15) is 62.7 Å². The predicted octanol–water partition coefficient (Wildman–Crippen LogP) is 6.55. The number of rotatable bonds is 9. The van der Waals surface area contributed by atoms with Crippen LogP contribution in [0.5, 0.6) is 0 Å². The van der Waals surface area contributed by atoms with Crippen LogP contribution in [0.3, 0.4) is 0 Å². The van der Waals surface area contributed by atoms with Gasteiger partial charge in [0.25, 0.3) is 11.8 Å². The van der Waals surface area contributed by atoms with Crippen molar-refractivity contribution in [2.45, 2.75) is 51.5 Å². The third kappa shape index (κ3) is 8.72. The van der Waals surface area contributed by atoms with E-state index in [1.165, 1.54) is 26.8 Å². The number of amides is 6. The SMILES string of the molecule is C/C(=C\C=C(\F)C(C)C(F)(F)F)N1C(=O)N(Cc2ccc(F)cc2NC(=O)Nc2ccc(C(=O)NS(=O)(=O)C(F)(F)F)cc2)C(C)(C)C1=O. The van der Waals surface area contributed by atoms with Gasteiger partial charge in [-0.3, -0.25) is 9.59 Å². The van der Waals surface area contributed by atoms with E-state index in [1.807, 2.05) is 0 Å². The van der Waals surface area contributed by atoms with E-state index in [0.29, 0.717) is 17.9 Å². The fourth-order valence-corrected chi connectivity index (χ4v) is 4.67. The van der Waals surface area contributed by atoms with Crippen molar-refractivity contribution >= 4 is 45.3 Å². The van der Waals surface area contributed by atoms with Crippen LogP contribution in [-0.4, -0.2) is 59.3 Å². The topological polar surface area (TPSA) is 145 Å². The Balaban J connectivity index is 1.78. The van der Waals surface area contributed by atoms with Gasteiger partial charge in [-0.1, -0.05) is 6.07 Å². The van der Waals surface area contributed by atoms with Crippen LogP contribution in [0.4, 0.5) is 56.1 Å². The predicted molar refractivity (Wildman–Crippen MR) is 158 cm³/mol. The van der Waals surface area contributed by atoms with Crippen LogP contribution >= 0.6 is 0 Å². The first-order valence-corrected chi connectivity index (χ1v) is 15.2. The van der Waals surface area contributed by atoms with Gasteiger partial charge >= 0.3 is 33.8 Å². The lowest BCUT2D eigenvalue weighted by Gasteiger charge is -2.28. The summed E-state index contributed by atoms with van der Waals surface area (Å²) in [5, 5.41) is 4.64. The molecule has 2 aromatic carbocycles. The molecule has 0 radical (unpaired) electrons. The smallest absolute Gasteiger partial charge is 0.308 e. The van der Waals surface area contributed by atoms with E-state index in [-0.39, 0.29) is 22.6 Å². The first-order chi connectivity index (χ1) is 22.4. The highest BCUT2D eigenvalue weighted by molar-refractivity contribution is 7.90. The minimum absolute atomic E-state index is 0.0415. The van der Waals surface area contributed by atoms with E-state index in [1.54, 1.807) is 0 Å². The Labute approximate surface area is 273 Å². The molecule has 0 aliphatic carbocycles. The number of hydrogen-bond donors (Lipinski definition) is 3. The van der Waals surface area contributed by atoms with Crippen LogP contribution in [-0.2, 0) is 21.4 Å². The van der Waals surface area contributed by atoms with Crippen LogP contribution in [0.15, 0.2) is 66.1 Å². The Morgan fingerprint density at radius 2 is 1.55 bits per heavy atom. The average molecular weight is 726 g/mol. The van der Waals surface area contributed by atoms with E-state index in [2.05, 4.69) is 10.6 Å². The van der Waals surface area contributed by atoms with Gasteiger partial charge in [0, 0.05) is 16.9 Å². The molecule has 3 N–H and O–H groups in total.